The minimum absolute atomic E-state index is 0.313. The molecule has 3 N–H and O–H groups in total. The number of carbonyl (C=O) groups is 2. The third-order valence-electron chi connectivity index (χ3n) is 3.12. The highest BCUT2D eigenvalue weighted by molar-refractivity contribution is 9.11. The summed E-state index contributed by atoms with van der Waals surface area (Å²) in [6.07, 6.45) is 1.41. The van der Waals surface area contributed by atoms with Crippen LogP contribution in [0.3, 0.4) is 0 Å². The van der Waals surface area contributed by atoms with Crippen LogP contribution in [0.5, 0.6) is 0 Å². The van der Waals surface area contributed by atoms with Gasteiger partial charge in [0, 0.05) is 15.5 Å². The number of halogens is 2. The molecule has 0 heterocycles. The number of amides is 2. The Bertz CT molecular complexity index is 576. The number of benzene rings is 1. The number of carbonyl (C=O) groups excluding carboxylic acids is 2. The average molecular weight is 421 g/mol. The van der Waals surface area contributed by atoms with Gasteiger partial charge in [-0.3, -0.25) is 4.79 Å². The van der Waals surface area contributed by atoms with Gasteiger partial charge in [0.05, 0.1) is 18.4 Å². The van der Waals surface area contributed by atoms with Gasteiger partial charge in [-0.2, -0.15) is 0 Å². The van der Waals surface area contributed by atoms with E-state index in [-0.39, 0.29) is 5.91 Å². The Hall–Kier alpha value is -1.28. The second-order valence-corrected chi connectivity index (χ2v) is 6.58. The Morgan fingerprint density at radius 2 is 2.10 bits per heavy atom. The van der Waals surface area contributed by atoms with Crippen molar-refractivity contribution in [3.63, 3.8) is 0 Å². The summed E-state index contributed by atoms with van der Waals surface area (Å²) in [4.78, 5) is 24.0. The number of hydrogen-bond acceptors (Lipinski definition) is 4. The summed E-state index contributed by atoms with van der Waals surface area (Å²) in [7, 11) is 1.25. The number of ether oxygens (including phenoxy) is 1. The van der Waals surface area contributed by atoms with Crippen molar-refractivity contribution in [1.82, 2.24) is 10.4 Å². The molecule has 1 fully saturated rings. The first kappa shape index (κ1) is 16.1. The van der Waals surface area contributed by atoms with E-state index in [2.05, 4.69) is 42.0 Å². The van der Waals surface area contributed by atoms with Crippen LogP contribution in [0.1, 0.15) is 23.2 Å². The fraction of sp³-hybridized carbons (Fsp3) is 0.385. The Labute approximate surface area is 139 Å². The van der Waals surface area contributed by atoms with Crippen LogP contribution in [0.25, 0.3) is 0 Å². The van der Waals surface area contributed by atoms with E-state index in [1.807, 2.05) is 0 Å². The van der Waals surface area contributed by atoms with Crippen molar-refractivity contribution < 1.29 is 14.3 Å². The molecule has 0 saturated heterocycles. The Morgan fingerprint density at radius 1 is 1.43 bits per heavy atom. The number of anilines is 1. The maximum absolute atomic E-state index is 12.6. The van der Waals surface area contributed by atoms with Crippen molar-refractivity contribution in [3.8, 4) is 0 Å². The van der Waals surface area contributed by atoms with Gasteiger partial charge in [0.15, 0.2) is 0 Å². The van der Waals surface area contributed by atoms with Crippen molar-refractivity contribution in [2.24, 2.45) is 5.92 Å². The molecule has 1 aromatic rings. The van der Waals surface area contributed by atoms with E-state index in [1.54, 1.807) is 12.1 Å². The first-order valence-electron chi connectivity index (χ1n) is 6.33. The molecule has 0 bridgehead atoms. The van der Waals surface area contributed by atoms with Crippen LogP contribution in [0, 0.1) is 5.92 Å². The highest BCUT2D eigenvalue weighted by Crippen LogP contribution is 2.32. The van der Waals surface area contributed by atoms with Gasteiger partial charge < -0.3 is 10.5 Å². The molecule has 6 nitrogen and oxygen atoms in total. The van der Waals surface area contributed by atoms with E-state index in [1.165, 1.54) is 12.1 Å². The molecule has 1 aromatic carbocycles. The molecule has 2 rings (SSSR count). The molecule has 0 aliphatic heterocycles. The van der Waals surface area contributed by atoms with Crippen molar-refractivity contribution in [2.75, 3.05) is 19.4 Å². The zero-order valence-corrected chi connectivity index (χ0v) is 14.5. The minimum Gasteiger partial charge on any atom is -0.452 e. The Kier molecular flexibility index (Phi) is 5.10. The van der Waals surface area contributed by atoms with Crippen LogP contribution in [-0.2, 0) is 4.74 Å². The lowest BCUT2D eigenvalue weighted by atomic mass is 10.1. The van der Waals surface area contributed by atoms with Gasteiger partial charge in [0.25, 0.3) is 5.91 Å². The number of nitrogens with one attached hydrogen (secondary N) is 1. The largest absolute Gasteiger partial charge is 0.452 e. The standard InChI is InChI=1S/C13H15Br2N3O3/c1-21-13(20)17-18(6-7-2-3-7)12(19)9-4-8(14)5-10(15)11(9)16/h4-5,7H,2-3,6,16H2,1H3,(H,17,20). The summed E-state index contributed by atoms with van der Waals surface area (Å²) >= 11 is 6.63. The van der Waals surface area contributed by atoms with Gasteiger partial charge in [0.1, 0.15) is 0 Å². The summed E-state index contributed by atoms with van der Waals surface area (Å²) in [6.45, 7) is 0.442. The van der Waals surface area contributed by atoms with E-state index >= 15 is 0 Å². The van der Waals surface area contributed by atoms with Crippen molar-refractivity contribution in [2.45, 2.75) is 12.8 Å². The highest BCUT2D eigenvalue weighted by atomic mass is 79.9. The Morgan fingerprint density at radius 3 is 2.67 bits per heavy atom. The quantitative estimate of drug-likeness (QED) is 0.581. The third-order valence-corrected chi connectivity index (χ3v) is 4.23. The Balaban J connectivity index is 2.26. The van der Waals surface area contributed by atoms with E-state index in [9.17, 15) is 9.59 Å². The first-order chi connectivity index (χ1) is 9.92. The number of hydrogen-bond donors (Lipinski definition) is 2. The summed E-state index contributed by atoms with van der Waals surface area (Å²) in [5.74, 6) is 0.0368. The zero-order chi connectivity index (χ0) is 15.6. The summed E-state index contributed by atoms with van der Waals surface area (Å²) in [5, 5.41) is 1.26. The number of nitrogens with two attached hydrogens (primary N) is 1. The van der Waals surface area contributed by atoms with Crippen LogP contribution < -0.4 is 11.2 Å². The SMILES string of the molecule is COC(=O)NN(CC1CC1)C(=O)c1cc(Br)cc(Br)c1N. The maximum atomic E-state index is 12.6. The molecule has 114 valence electrons. The smallest absolute Gasteiger partial charge is 0.425 e. The number of rotatable bonds is 3. The maximum Gasteiger partial charge on any atom is 0.425 e. The van der Waals surface area contributed by atoms with E-state index in [0.717, 1.165) is 17.3 Å². The molecule has 1 saturated carbocycles. The molecule has 21 heavy (non-hydrogen) atoms. The third kappa shape index (κ3) is 4.10. The van der Waals surface area contributed by atoms with Crippen LogP contribution in [0.4, 0.5) is 10.5 Å². The van der Waals surface area contributed by atoms with Crippen molar-refractivity contribution >= 4 is 49.5 Å². The molecule has 2 amide bonds. The van der Waals surface area contributed by atoms with Gasteiger partial charge in [0.2, 0.25) is 0 Å². The summed E-state index contributed by atoms with van der Waals surface area (Å²) in [6, 6.07) is 3.38. The number of nitrogens with zero attached hydrogens (tertiary/aromatic N) is 1. The second-order valence-electron chi connectivity index (χ2n) is 4.81. The van der Waals surface area contributed by atoms with Gasteiger partial charge in [-0.25, -0.2) is 15.2 Å². The second kappa shape index (κ2) is 6.65. The van der Waals surface area contributed by atoms with Gasteiger partial charge in [-0.1, -0.05) is 15.9 Å². The fourth-order valence-corrected chi connectivity index (χ4v) is 3.03. The average Bonchev–Trinajstić information content (AvgIpc) is 3.25. The van der Waals surface area contributed by atoms with Gasteiger partial charge in [-0.15, -0.1) is 0 Å². The molecule has 0 radical (unpaired) electrons. The highest BCUT2D eigenvalue weighted by Gasteiger charge is 2.29. The lowest BCUT2D eigenvalue weighted by Crippen LogP contribution is -2.47. The number of nitrogen functional groups attached to an aromatic ring is 1. The molecule has 0 atom stereocenters. The first-order valence-corrected chi connectivity index (χ1v) is 7.92. The predicted octanol–water partition coefficient (Wildman–Crippen LogP) is 2.92. The minimum atomic E-state index is -0.684. The lowest BCUT2D eigenvalue weighted by molar-refractivity contribution is 0.0620. The number of hydrazine groups is 1. The molecule has 0 spiro atoms. The van der Waals surface area contributed by atoms with E-state index < -0.39 is 6.09 Å². The van der Waals surface area contributed by atoms with Crippen LogP contribution >= 0.6 is 31.9 Å². The van der Waals surface area contributed by atoms with Crippen LogP contribution in [0.2, 0.25) is 0 Å². The topological polar surface area (TPSA) is 84.7 Å². The molecular formula is C13H15Br2N3O3. The lowest BCUT2D eigenvalue weighted by Gasteiger charge is -2.23. The fourth-order valence-electron chi connectivity index (χ4n) is 1.80. The van der Waals surface area contributed by atoms with E-state index in [0.29, 0.717) is 28.2 Å². The monoisotopic (exact) mass is 419 g/mol. The van der Waals surface area contributed by atoms with Crippen LogP contribution in [-0.4, -0.2) is 30.7 Å². The molecule has 0 aromatic heterocycles. The molecular weight excluding hydrogens is 406 g/mol. The zero-order valence-electron chi connectivity index (χ0n) is 11.4. The summed E-state index contributed by atoms with van der Waals surface area (Å²) < 4.78 is 5.89. The predicted molar refractivity (Wildman–Crippen MR) is 85.6 cm³/mol. The van der Waals surface area contributed by atoms with Crippen LogP contribution in [0.15, 0.2) is 21.1 Å². The molecule has 1 aliphatic carbocycles. The van der Waals surface area contributed by atoms with Crippen molar-refractivity contribution in [1.29, 1.82) is 0 Å². The molecule has 8 heteroatoms. The molecule has 0 unspecified atom stereocenters. The number of methoxy groups -OCH3 is 1. The summed E-state index contributed by atoms with van der Waals surface area (Å²) in [5.41, 5.74) is 9.02. The normalized spacial score (nSPS) is 13.7. The van der Waals surface area contributed by atoms with Gasteiger partial charge >= 0.3 is 6.09 Å². The van der Waals surface area contributed by atoms with E-state index in [4.69, 9.17) is 5.73 Å². The van der Waals surface area contributed by atoms with Gasteiger partial charge in [-0.05, 0) is 46.8 Å². The molecule has 1 aliphatic rings. The van der Waals surface area contributed by atoms with Crippen molar-refractivity contribution in [3.05, 3.63) is 26.6 Å².